The molecule has 9 heteroatoms. The summed E-state index contributed by atoms with van der Waals surface area (Å²) in [5.41, 5.74) is 1.79. The molecule has 1 fully saturated rings. The van der Waals surface area contributed by atoms with Crippen LogP contribution in [0, 0.1) is 6.92 Å². The molecule has 1 aliphatic heterocycles. The lowest BCUT2D eigenvalue weighted by Gasteiger charge is -2.18. The van der Waals surface area contributed by atoms with E-state index in [2.05, 4.69) is 5.32 Å². The molecule has 0 radical (unpaired) electrons. The summed E-state index contributed by atoms with van der Waals surface area (Å²) in [4.78, 5) is 11.2. The van der Waals surface area contributed by atoms with Gasteiger partial charge in [-0.25, -0.2) is 0 Å². The Balaban J connectivity index is 1.65. The number of hydrogen-bond acceptors (Lipinski definition) is 6. The number of thioether (sulfide) groups is 1. The number of benzene rings is 2. The Morgan fingerprint density at radius 2 is 1.93 bits per heavy atom. The minimum Gasteiger partial charge on any atom is -0.490 e. The number of carboxylic acids is 1. The van der Waals surface area contributed by atoms with Gasteiger partial charge < -0.3 is 19.3 Å². The maximum atomic E-state index is 11.2. The smallest absolute Gasteiger partial charge is 0.321 e. The van der Waals surface area contributed by atoms with Gasteiger partial charge >= 0.3 is 5.97 Å². The zero-order valence-corrected chi connectivity index (χ0v) is 18.9. The van der Waals surface area contributed by atoms with Crippen molar-refractivity contribution in [1.82, 2.24) is 5.32 Å². The molecule has 0 aromatic heterocycles. The first kappa shape index (κ1) is 22.9. The zero-order valence-electron chi connectivity index (χ0n) is 16.6. The largest absolute Gasteiger partial charge is 0.490 e. The van der Waals surface area contributed by atoms with Crippen LogP contribution < -0.4 is 19.5 Å². The van der Waals surface area contributed by atoms with Crippen molar-refractivity contribution in [3.8, 4) is 17.2 Å². The fourth-order valence-corrected chi connectivity index (χ4v) is 4.56. The predicted molar refractivity (Wildman–Crippen MR) is 120 cm³/mol. The molecule has 1 heterocycles. The average Bonchev–Trinajstić information content (AvgIpc) is 3.20. The van der Waals surface area contributed by atoms with Crippen molar-refractivity contribution >= 4 is 40.9 Å². The standard InChI is InChI=1S/C21H23Cl2NO5S/c1-3-27-18-10-13(20-24-17(11-30-20)21(25)26)9-16(23)19(18)29-7-6-28-14-4-5-15(22)12(2)8-14/h4-5,8-10,17,20,24H,3,6-7,11H2,1-2H3,(H,25,26). The van der Waals surface area contributed by atoms with E-state index in [1.54, 1.807) is 18.2 Å². The number of aliphatic carboxylic acids is 1. The van der Waals surface area contributed by atoms with Crippen molar-refractivity contribution < 1.29 is 24.1 Å². The first-order chi connectivity index (χ1) is 14.4. The van der Waals surface area contributed by atoms with Crippen molar-refractivity contribution in [2.75, 3.05) is 25.6 Å². The lowest BCUT2D eigenvalue weighted by Crippen LogP contribution is -2.33. The number of ether oxygens (including phenoxy) is 3. The first-order valence-electron chi connectivity index (χ1n) is 9.47. The van der Waals surface area contributed by atoms with Crippen LogP contribution in [0.1, 0.15) is 23.4 Å². The number of aryl methyl sites for hydroxylation is 1. The van der Waals surface area contributed by atoms with Crippen molar-refractivity contribution in [3.05, 3.63) is 51.5 Å². The number of halogens is 2. The van der Waals surface area contributed by atoms with Crippen LogP contribution in [0.15, 0.2) is 30.3 Å². The minimum atomic E-state index is -0.864. The van der Waals surface area contributed by atoms with Gasteiger partial charge in [0.15, 0.2) is 11.5 Å². The van der Waals surface area contributed by atoms with Crippen LogP contribution in [0.4, 0.5) is 0 Å². The van der Waals surface area contributed by atoms with Gasteiger partial charge in [0.05, 0.1) is 17.0 Å². The third-order valence-electron chi connectivity index (χ3n) is 4.44. The number of rotatable bonds is 9. The first-order valence-corrected chi connectivity index (χ1v) is 11.3. The van der Waals surface area contributed by atoms with Crippen LogP contribution in [-0.4, -0.2) is 42.7 Å². The highest BCUT2D eigenvalue weighted by molar-refractivity contribution is 7.99. The van der Waals surface area contributed by atoms with Crippen LogP contribution in [0.25, 0.3) is 0 Å². The lowest BCUT2D eigenvalue weighted by atomic mass is 10.2. The fraction of sp³-hybridized carbons (Fsp3) is 0.381. The van der Waals surface area contributed by atoms with Crippen LogP contribution in [0.2, 0.25) is 10.0 Å². The number of hydrogen-bond donors (Lipinski definition) is 2. The lowest BCUT2D eigenvalue weighted by molar-refractivity contribution is -0.138. The summed E-state index contributed by atoms with van der Waals surface area (Å²) in [5.74, 6) is 1.29. The van der Waals surface area contributed by atoms with Crippen molar-refractivity contribution in [1.29, 1.82) is 0 Å². The Morgan fingerprint density at radius 3 is 2.60 bits per heavy atom. The van der Waals surface area contributed by atoms with E-state index >= 15 is 0 Å². The molecule has 2 unspecified atom stereocenters. The molecule has 1 saturated heterocycles. The third-order valence-corrected chi connectivity index (χ3v) is 6.41. The molecule has 2 N–H and O–H groups in total. The van der Waals surface area contributed by atoms with Crippen LogP contribution in [0.3, 0.4) is 0 Å². The Bertz CT molecular complexity index is 911. The van der Waals surface area contributed by atoms with Crippen molar-refractivity contribution in [2.24, 2.45) is 0 Å². The SMILES string of the molecule is CCOc1cc(C2NC(C(=O)O)CS2)cc(Cl)c1OCCOc1ccc(Cl)c(C)c1. The van der Waals surface area contributed by atoms with Crippen LogP contribution in [0.5, 0.6) is 17.2 Å². The Morgan fingerprint density at radius 1 is 1.17 bits per heavy atom. The summed E-state index contributed by atoms with van der Waals surface area (Å²) in [7, 11) is 0. The molecule has 162 valence electrons. The van der Waals surface area contributed by atoms with E-state index in [1.807, 2.05) is 26.0 Å². The maximum Gasteiger partial charge on any atom is 0.321 e. The summed E-state index contributed by atoms with van der Waals surface area (Å²) in [5, 5.41) is 13.2. The van der Waals surface area contributed by atoms with Gasteiger partial charge in [0, 0.05) is 10.8 Å². The number of carboxylic acid groups (broad SMARTS) is 1. The highest BCUT2D eigenvalue weighted by Gasteiger charge is 2.31. The second-order valence-corrected chi connectivity index (χ2v) is 8.59. The summed E-state index contributed by atoms with van der Waals surface area (Å²) in [6, 6.07) is 8.49. The highest BCUT2D eigenvalue weighted by Crippen LogP contribution is 2.42. The minimum absolute atomic E-state index is 0.173. The predicted octanol–water partition coefficient (Wildman–Crippen LogP) is 4.95. The van der Waals surface area contributed by atoms with Gasteiger partial charge in [-0.1, -0.05) is 23.2 Å². The van der Waals surface area contributed by atoms with E-state index in [9.17, 15) is 9.90 Å². The molecule has 3 rings (SSSR count). The molecule has 0 amide bonds. The van der Waals surface area contributed by atoms with Gasteiger partial charge in [-0.15, -0.1) is 11.8 Å². The number of carbonyl (C=O) groups is 1. The molecular weight excluding hydrogens is 449 g/mol. The monoisotopic (exact) mass is 471 g/mol. The highest BCUT2D eigenvalue weighted by atomic mass is 35.5. The van der Waals surface area contributed by atoms with Gasteiger partial charge in [-0.2, -0.15) is 0 Å². The molecule has 30 heavy (non-hydrogen) atoms. The summed E-state index contributed by atoms with van der Waals surface area (Å²) >= 11 is 14.0. The molecule has 2 aromatic rings. The van der Waals surface area contributed by atoms with Gasteiger partial charge in [0.2, 0.25) is 0 Å². The Hall–Kier alpha value is -1.80. The molecule has 0 saturated carbocycles. The average molecular weight is 472 g/mol. The van der Waals surface area contributed by atoms with Crippen molar-refractivity contribution in [3.63, 3.8) is 0 Å². The molecular formula is C21H23Cl2NO5S. The van der Waals surface area contributed by atoms with Crippen LogP contribution in [-0.2, 0) is 4.79 Å². The van der Waals surface area contributed by atoms with Crippen LogP contribution >= 0.6 is 35.0 Å². The second-order valence-electron chi connectivity index (χ2n) is 6.64. The Kier molecular flexibility index (Phi) is 7.99. The summed E-state index contributed by atoms with van der Waals surface area (Å²) in [6.07, 6.45) is 0. The topological polar surface area (TPSA) is 77.0 Å². The summed E-state index contributed by atoms with van der Waals surface area (Å²) < 4.78 is 17.3. The van der Waals surface area contributed by atoms with E-state index in [0.29, 0.717) is 46.3 Å². The fourth-order valence-electron chi connectivity index (χ4n) is 2.96. The van der Waals surface area contributed by atoms with Gasteiger partial charge in [-0.05, 0) is 55.3 Å². The molecule has 1 aliphatic rings. The van der Waals surface area contributed by atoms with E-state index in [0.717, 1.165) is 11.1 Å². The van der Waals surface area contributed by atoms with Gasteiger partial charge in [0.1, 0.15) is 25.0 Å². The van der Waals surface area contributed by atoms with Gasteiger partial charge in [-0.3, -0.25) is 10.1 Å². The van der Waals surface area contributed by atoms with E-state index in [1.165, 1.54) is 11.8 Å². The molecule has 6 nitrogen and oxygen atoms in total. The molecule has 2 aromatic carbocycles. The Labute approximate surface area is 189 Å². The molecule has 0 bridgehead atoms. The second kappa shape index (κ2) is 10.5. The zero-order chi connectivity index (χ0) is 21.7. The molecule has 0 aliphatic carbocycles. The van der Waals surface area contributed by atoms with Crippen molar-refractivity contribution in [2.45, 2.75) is 25.3 Å². The van der Waals surface area contributed by atoms with E-state index in [-0.39, 0.29) is 12.0 Å². The van der Waals surface area contributed by atoms with Gasteiger partial charge in [0.25, 0.3) is 0 Å². The summed E-state index contributed by atoms with van der Waals surface area (Å²) in [6.45, 7) is 4.83. The normalized spacial score (nSPS) is 18.3. The third kappa shape index (κ3) is 5.66. The van der Waals surface area contributed by atoms with E-state index < -0.39 is 12.0 Å². The quantitative estimate of drug-likeness (QED) is 0.501. The maximum absolute atomic E-state index is 11.2. The molecule has 2 atom stereocenters. The van der Waals surface area contributed by atoms with E-state index in [4.69, 9.17) is 37.4 Å². The molecule has 0 spiro atoms. The number of nitrogens with one attached hydrogen (secondary N) is 1.